The Morgan fingerprint density at radius 3 is 2.78 bits per heavy atom. The third kappa shape index (κ3) is 3.63. The molecule has 0 spiro atoms. The first-order chi connectivity index (χ1) is 13.1. The molecular formula is C20H17N5OS. The summed E-state index contributed by atoms with van der Waals surface area (Å²) in [6.45, 7) is 1.83. The number of nitrogens with zero attached hydrogens (tertiary/aromatic N) is 3. The Balaban J connectivity index is 1.61. The van der Waals surface area contributed by atoms with Crippen LogP contribution in [0.25, 0.3) is 11.0 Å². The maximum Gasteiger partial charge on any atom is 0.258 e. The number of benzene rings is 2. The van der Waals surface area contributed by atoms with Gasteiger partial charge in [0.2, 0.25) is 0 Å². The van der Waals surface area contributed by atoms with Crippen LogP contribution in [0.4, 0.5) is 11.4 Å². The van der Waals surface area contributed by atoms with Gasteiger partial charge in [0.1, 0.15) is 0 Å². The van der Waals surface area contributed by atoms with Gasteiger partial charge in [-0.15, -0.1) is 0 Å². The molecule has 6 nitrogen and oxygen atoms in total. The number of carbonyl (C=O) groups excluding carboxylic acids is 1. The fourth-order valence-electron chi connectivity index (χ4n) is 2.88. The molecule has 2 heterocycles. The Hall–Kier alpha value is -3.32. The second kappa shape index (κ2) is 7.13. The molecule has 3 N–H and O–H groups in total. The number of nitrogen functional groups attached to an aromatic ring is 1. The van der Waals surface area contributed by atoms with Crippen molar-refractivity contribution < 1.29 is 4.79 Å². The molecule has 4 rings (SSSR count). The van der Waals surface area contributed by atoms with Crippen LogP contribution in [0.1, 0.15) is 26.6 Å². The Morgan fingerprint density at radius 2 is 1.96 bits per heavy atom. The third-order valence-electron chi connectivity index (χ3n) is 4.15. The zero-order valence-corrected chi connectivity index (χ0v) is 15.5. The van der Waals surface area contributed by atoms with Crippen molar-refractivity contribution in [3.63, 3.8) is 0 Å². The maximum atomic E-state index is 12.8. The van der Waals surface area contributed by atoms with E-state index in [9.17, 15) is 4.79 Å². The van der Waals surface area contributed by atoms with Crippen molar-refractivity contribution in [2.45, 2.75) is 13.3 Å². The van der Waals surface area contributed by atoms with Crippen LogP contribution >= 0.6 is 11.5 Å². The van der Waals surface area contributed by atoms with Crippen molar-refractivity contribution in [1.82, 2.24) is 14.3 Å². The summed E-state index contributed by atoms with van der Waals surface area (Å²) >= 11 is 1.32. The molecule has 0 saturated heterocycles. The van der Waals surface area contributed by atoms with Gasteiger partial charge < -0.3 is 11.1 Å². The molecule has 2 aromatic heterocycles. The lowest BCUT2D eigenvalue weighted by Crippen LogP contribution is -2.14. The standard InChI is InChI=1S/C20H17N5OS/c1-12-19(20(26)24-14-6-4-5-13(21)9-14)18(27-25-12)10-15-11-22-16-7-2-3-8-17(16)23-15/h2-9,11H,10,21H2,1H3,(H,24,26). The quantitative estimate of drug-likeness (QED) is 0.529. The number of hydrogen-bond acceptors (Lipinski definition) is 6. The van der Waals surface area contributed by atoms with Crippen LogP contribution in [-0.2, 0) is 6.42 Å². The number of anilines is 2. The van der Waals surface area contributed by atoms with Crippen molar-refractivity contribution in [1.29, 1.82) is 0 Å². The average Bonchev–Trinajstić information content (AvgIpc) is 3.02. The van der Waals surface area contributed by atoms with Crippen molar-refractivity contribution in [2.75, 3.05) is 11.1 Å². The highest BCUT2D eigenvalue weighted by Gasteiger charge is 2.19. The minimum atomic E-state index is -0.199. The van der Waals surface area contributed by atoms with E-state index >= 15 is 0 Å². The first-order valence-electron chi connectivity index (χ1n) is 8.43. The fourth-order valence-corrected chi connectivity index (χ4v) is 3.77. The maximum absolute atomic E-state index is 12.8. The first kappa shape index (κ1) is 17.1. The second-order valence-electron chi connectivity index (χ2n) is 6.17. The van der Waals surface area contributed by atoms with E-state index in [0.717, 1.165) is 21.6 Å². The van der Waals surface area contributed by atoms with Gasteiger partial charge in [-0.05, 0) is 48.8 Å². The van der Waals surface area contributed by atoms with E-state index in [1.165, 1.54) is 11.5 Å². The molecule has 0 aliphatic heterocycles. The number of nitrogens with two attached hydrogens (primary N) is 1. The van der Waals surface area contributed by atoms with Gasteiger partial charge in [-0.25, -0.2) is 4.98 Å². The molecule has 0 radical (unpaired) electrons. The number of aromatic nitrogens is 3. The molecule has 0 saturated carbocycles. The molecule has 0 unspecified atom stereocenters. The predicted octanol–water partition coefficient (Wildman–Crippen LogP) is 3.82. The Bertz CT molecular complexity index is 1140. The van der Waals surface area contributed by atoms with Crippen LogP contribution in [0.5, 0.6) is 0 Å². The summed E-state index contributed by atoms with van der Waals surface area (Å²) in [5.74, 6) is -0.199. The minimum absolute atomic E-state index is 0.199. The smallest absolute Gasteiger partial charge is 0.258 e. The topological polar surface area (TPSA) is 93.8 Å². The fraction of sp³-hybridized carbons (Fsp3) is 0.100. The molecule has 2 aromatic carbocycles. The molecule has 134 valence electrons. The number of nitrogens with one attached hydrogen (secondary N) is 1. The minimum Gasteiger partial charge on any atom is -0.399 e. The number of rotatable bonds is 4. The van der Waals surface area contributed by atoms with E-state index in [-0.39, 0.29) is 5.91 Å². The van der Waals surface area contributed by atoms with Crippen LogP contribution in [0.3, 0.4) is 0 Å². The van der Waals surface area contributed by atoms with E-state index < -0.39 is 0 Å². The van der Waals surface area contributed by atoms with Crippen molar-refractivity contribution >= 4 is 39.8 Å². The summed E-state index contributed by atoms with van der Waals surface area (Å²) in [4.78, 5) is 22.8. The van der Waals surface area contributed by atoms with Crippen molar-refractivity contribution in [3.8, 4) is 0 Å². The van der Waals surface area contributed by atoms with Gasteiger partial charge in [-0.2, -0.15) is 4.37 Å². The number of para-hydroxylation sites is 2. The van der Waals surface area contributed by atoms with Gasteiger partial charge in [-0.3, -0.25) is 9.78 Å². The Kier molecular flexibility index (Phi) is 4.52. The Morgan fingerprint density at radius 1 is 1.15 bits per heavy atom. The molecule has 0 fully saturated rings. The second-order valence-corrected chi connectivity index (χ2v) is 7.03. The molecule has 0 aliphatic rings. The monoisotopic (exact) mass is 375 g/mol. The number of aryl methyl sites for hydroxylation is 1. The summed E-state index contributed by atoms with van der Waals surface area (Å²) in [5, 5.41) is 2.89. The first-order valence-corrected chi connectivity index (χ1v) is 9.20. The van der Waals surface area contributed by atoms with Crippen molar-refractivity contribution in [2.24, 2.45) is 0 Å². The van der Waals surface area contributed by atoms with Crippen molar-refractivity contribution in [3.05, 3.63) is 76.6 Å². The molecule has 27 heavy (non-hydrogen) atoms. The molecular weight excluding hydrogens is 358 g/mol. The summed E-state index contributed by atoms with van der Waals surface area (Å²) in [6.07, 6.45) is 2.25. The molecule has 0 aliphatic carbocycles. The number of carbonyl (C=O) groups is 1. The van der Waals surface area contributed by atoms with E-state index in [2.05, 4.69) is 19.7 Å². The van der Waals surface area contributed by atoms with Crippen LogP contribution in [0, 0.1) is 6.92 Å². The largest absolute Gasteiger partial charge is 0.399 e. The van der Waals surface area contributed by atoms with Gasteiger partial charge in [-0.1, -0.05) is 18.2 Å². The lowest BCUT2D eigenvalue weighted by atomic mass is 10.1. The molecule has 4 aromatic rings. The molecule has 0 bridgehead atoms. The molecule has 1 amide bonds. The average molecular weight is 375 g/mol. The summed E-state index contributed by atoms with van der Waals surface area (Å²) in [7, 11) is 0. The van der Waals surface area contributed by atoms with E-state index in [1.807, 2.05) is 31.2 Å². The lowest BCUT2D eigenvalue weighted by Gasteiger charge is -2.08. The zero-order valence-electron chi connectivity index (χ0n) is 14.6. The van der Waals surface area contributed by atoms with Crippen LogP contribution in [-0.4, -0.2) is 20.2 Å². The normalized spacial score (nSPS) is 10.9. The summed E-state index contributed by atoms with van der Waals surface area (Å²) in [5.41, 5.74) is 10.8. The van der Waals surface area contributed by atoms with E-state index in [1.54, 1.807) is 30.5 Å². The summed E-state index contributed by atoms with van der Waals surface area (Å²) < 4.78 is 4.36. The number of fused-ring (bicyclic) bond motifs is 1. The SMILES string of the molecule is Cc1nsc(Cc2cnc3ccccc3n2)c1C(=O)Nc1cccc(N)c1. The van der Waals surface area contributed by atoms with E-state index in [0.29, 0.717) is 29.1 Å². The zero-order chi connectivity index (χ0) is 18.8. The highest BCUT2D eigenvalue weighted by Crippen LogP contribution is 2.24. The Labute approximate surface area is 160 Å². The van der Waals surface area contributed by atoms with Gasteiger partial charge in [0.15, 0.2) is 0 Å². The van der Waals surface area contributed by atoms with E-state index in [4.69, 9.17) is 5.73 Å². The van der Waals surface area contributed by atoms with Gasteiger partial charge >= 0.3 is 0 Å². The highest BCUT2D eigenvalue weighted by atomic mass is 32.1. The van der Waals surface area contributed by atoms with Gasteiger partial charge in [0, 0.05) is 28.9 Å². The highest BCUT2D eigenvalue weighted by molar-refractivity contribution is 7.06. The van der Waals surface area contributed by atoms with Crippen LogP contribution in [0.2, 0.25) is 0 Å². The molecule has 7 heteroatoms. The third-order valence-corrected chi connectivity index (χ3v) is 5.08. The number of hydrogen-bond donors (Lipinski definition) is 2. The van der Waals surface area contributed by atoms with Gasteiger partial charge in [0.25, 0.3) is 5.91 Å². The van der Waals surface area contributed by atoms with Gasteiger partial charge in [0.05, 0.1) is 28.0 Å². The number of amides is 1. The van der Waals surface area contributed by atoms with Crippen LogP contribution < -0.4 is 11.1 Å². The van der Waals surface area contributed by atoms with Crippen LogP contribution in [0.15, 0.2) is 54.7 Å². The molecule has 0 atom stereocenters. The lowest BCUT2D eigenvalue weighted by molar-refractivity contribution is 0.102. The summed E-state index contributed by atoms with van der Waals surface area (Å²) in [6, 6.07) is 14.8. The predicted molar refractivity (Wildman–Crippen MR) is 108 cm³/mol.